The fourth-order valence-electron chi connectivity index (χ4n) is 2.69. The molecule has 1 fully saturated rings. The lowest BCUT2D eigenvalue weighted by Crippen LogP contribution is -2.29. The van der Waals surface area contributed by atoms with E-state index in [2.05, 4.69) is 5.32 Å². The molecule has 130 valence electrons. The van der Waals surface area contributed by atoms with Gasteiger partial charge in [-0.3, -0.25) is 19.8 Å². The molecule has 1 aromatic rings. The molecule has 0 spiro atoms. The number of nitrogens with two attached hydrogens (primary N) is 1. The Morgan fingerprint density at radius 3 is 2.67 bits per heavy atom. The molecule has 1 heterocycles. The second-order valence-corrected chi connectivity index (χ2v) is 5.76. The van der Waals surface area contributed by atoms with E-state index in [0.717, 1.165) is 5.56 Å². The van der Waals surface area contributed by atoms with Crippen molar-refractivity contribution in [1.82, 2.24) is 10.4 Å². The molecular weight excluding hydrogens is 312 g/mol. The van der Waals surface area contributed by atoms with E-state index in [1.54, 1.807) is 17.2 Å². The lowest BCUT2D eigenvalue weighted by Gasteiger charge is -2.17. The number of carboxylic acid groups (broad SMARTS) is 1. The summed E-state index contributed by atoms with van der Waals surface area (Å²) >= 11 is 0. The largest absolute Gasteiger partial charge is 0.481 e. The lowest BCUT2D eigenvalue weighted by atomic mass is 9.99. The minimum atomic E-state index is -0.943. The van der Waals surface area contributed by atoms with Crippen molar-refractivity contribution in [2.75, 3.05) is 13.6 Å². The van der Waals surface area contributed by atoms with Gasteiger partial charge in [-0.2, -0.15) is 5.06 Å². The minimum absolute atomic E-state index is 0.0165. The highest BCUT2D eigenvalue weighted by molar-refractivity contribution is 5.94. The number of hydroxylamine groups is 2. The number of amidine groups is 1. The quantitative estimate of drug-likeness (QED) is 0.427. The summed E-state index contributed by atoms with van der Waals surface area (Å²) in [6, 6.07) is 7.39. The Kier molecular flexibility index (Phi) is 5.88. The molecule has 8 nitrogen and oxygen atoms in total. The van der Waals surface area contributed by atoms with Crippen LogP contribution in [0.2, 0.25) is 0 Å². The second-order valence-electron chi connectivity index (χ2n) is 5.76. The maximum absolute atomic E-state index is 11.8. The SMILES string of the molecule is CN1O[C@@H](CC(=O)NCCC(=O)O)C[C@H]1c1ccc(C(=N)N)cc1. The monoisotopic (exact) mass is 334 g/mol. The van der Waals surface area contributed by atoms with Crippen molar-refractivity contribution in [3.63, 3.8) is 0 Å². The molecule has 1 aliphatic rings. The molecule has 0 saturated carbocycles. The van der Waals surface area contributed by atoms with Gasteiger partial charge in [0.25, 0.3) is 0 Å². The van der Waals surface area contributed by atoms with Crippen LogP contribution in [-0.2, 0) is 14.4 Å². The van der Waals surface area contributed by atoms with Crippen molar-refractivity contribution in [2.45, 2.75) is 31.4 Å². The Balaban J connectivity index is 1.88. The average Bonchev–Trinajstić information content (AvgIpc) is 2.87. The maximum Gasteiger partial charge on any atom is 0.305 e. The molecule has 8 heteroatoms. The third kappa shape index (κ3) is 4.77. The summed E-state index contributed by atoms with van der Waals surface area (Å²) in [6.07, 6.45) is 0.494. The molecule has 0 unspecified atom stereocenters. The number of hydrogen-bond donors (Lipinski definition) is 4. The molecule has 1 amide bonds. The Morgan fingerprint density at radius 1 is 1.42 bits per heavy atom. The van der Waals surface area contributed by atoms with E-state index in [1.165, 1.54) is 0 Å². The maximum atomic E-state index is 11.8. The van der Waals surface area contributed by atoms with Gasteiger partial charge in [0.05, 0.1) is 25.0 Å². The number of benzene rings is 1. The van der Waals surface area contributed by atoms with Crippen LogP contribution in [-0.4, -0.2) is 47.6 Å². The van der Waals surface area contributed by atoms with Crippen molar-refractivity contribution in [2.24, 2.45) is 5.73 Å². The van der Waals surface area contributed by atoms with E-state index in [-0.39, 0.29) is 43.3 Å². The van der Waals surface area contributed by atoms with Crippen LogP contribution in [0.25, 0.3) is 0 Å². The zero-order chi connectivity index (χ0) is 17.7. The van der Waals surface area contributed by atoms with Crippen molar-refractivity contribution in [1.29, 1.82) is 5.41 Å². The van der Waals surface area contributed by atoms with Crippen LogP contribution in [0.3, 0.4) is 0 Å². The number of aliphatic carboxylic acids is 1. The van der Waals surface area contributed by atoms with Crippen molar-refractivity contribution >= 4 is 17.7 Å². The summed E-state index contributed by atoms with van der Waals surface area (Å²) in [5.74, 6) is -1.14. The van der Waals surface area contributed by atoms with Gasteiger partial charge in [-0.15, -0.1) is 0 Å². The van der Waals surface area contributed by atoms with E-state index in [9.17, 15) is 9.59 Å². The molecule has 1 saturated heterocycles. The van der Waals surface area contributed by atoms with Gasteiger partial charge in [0.2, 0.25) is 5.91 Å². The molecule has 1 aromatic carbocycles. The third-order valence-electron chi connectivity index (χ3n) is 3.92. The first kappa shape index (κ1) is 17.9. The van der Waals surface area contributed by atoms with Crippen LogP contribution >= 0.6 is 0 Å². The standard InChI is InChI=1S/C16H22N4O4/c1-20-13(10-2-4-11(5-3-10)16(17)18)8-12(24-20)9-14(21)19-7-6-15(22)23/h2-5,12-13H,6-9H2,1H3,(H3,17,18)(H,19,21)(H,22,23)/t12-,13+/m1/s1. The minimum Gasteiger partial charge on any atom is -0.481 e. The van der Waals surface area contributed by atoms with Gasteiger partial charge in [0.15, 0.2) is 0 Å². The highest BCUT2D eigenvalue weighted by Gasteiger charge is 2.33. The van der Waals surface area contributed by atoms with Gasteiger partial charge in [-0.25, -0.2) is 0 Å². The predicted molar refractivity (Wildman–Crippen MR) is 87.3 cm³/mol. The highest BCUT2D eigenvalue weighted by atomic mass is 16.7. The summed E-state index contributed by atoms with van der Waals surface area (Å²) in [4.78, 5) is 27.9. The summed E-state index contributed by atoms with van der Waals surface area (Å²) in [5.41, 5.74) is 7.13. The number of carbonyl (C=O) groups is 2. The Hall–Kier alpha value is -2.45. The van der Waals surface area contributed by atoms with E-state index >= 15 is 0 Å². The summed E-state index contributed by atoms with van der Waals surface area (Å²) in [6.45, 7) is 0.118. The first-order chi connectivity index (χ1) is 11.4. The Labute approximate surface area is 140 Å². The summed E-state index contributed by atoms with van der Waals surface area (Å²) in [7, 11) is 1.81. The van der Waals surface area contributed by atoms with Gasteiger partial charge in [0, 0.05) is 19.2 Å². The number of nitrogens with one attached hydrogen (secondary N) is 2. The van der Waals surface area contributed by atoms with Gasteiger partial charge < -0.3 is 16.2 Å². The summed E-state index contributed by atoms with van der Waals surface area (Å²) in [5, 5.41) is 20.3. The van der Waals surface area contributed by atoms with Crippen LogP contribution in [0.15, 0.2) is 24.3 Å². The molecule has 0 aromatic heterocycles. The molecule has 0 radical (unpaired) electrons. The van der Waals surface area contributed by atoms with Crippen LogP contribution in [0.1, 0.15) is 36.4 Å². The number of amides is 1. The van der Waals surface area contributed by atoms with Crippen molar-refractivity contribution < 1.29 is 19.5 Å². The number of carboxylic acids is 1. The molecule has 2 atom stereocenters. The first-order valence-corrected chi connectivity index (χ1v) is 7.69. The zero-order valence-electron chi connectivity index (χ0n) is 13.5. The van der Waals surface area contributed by atoms with Crippen LogP contribution in [0.5, 0.6) is 0 Å². The van der Waals surface area contributed by atoms with Crippen molar-refractivity contribution in [3.8, 4) is 0 Å². The van der Waals surface area contributed by atoms with E-state index < -0.39 is 5.97 Å². The Morgan fingerprint density at radius 2 is 2.08 bits per heavy atom. The lowest BCUT2D eigenvalue weighted by molar-refractivity contribution is -0.151. The average molecular weight is 334 g/mol. The van der Waals surface area contributed by atoms with Crippen LogP contribution in [0, 0.1) is 5.41 Å². The fourth-order valence-corrected chi connectivity index (χ4v) is 2.69. The van der Waals surface area contributed by atoms with Crippen LogP contribution < -0.4 is 11.1 Å². The first-order valence-electron chi connectivity index (χ1n) is 7.69. The summed E-state index contributed by atoms with van der Waals surface area (Å²) < 4.78 is 0. The van der Waals surface area contributed by atoms with E-state index in [0.29, 0.717) is 12.0 Å². The van der Waals surface area contributed by atoms with Gasteiger partial charge in [0.1, 0.15) is 5.84 Å². The molecule has 1 aliphatic heterocycles. The number of rotatable bonds is 7. The third-order valence-corrected chi connectivity index (χ3v) is 3.92. The molecule has 5 N–H and O–H groups in total. The fraction of sp³-hybridized carbons (Fsp3) is 0.438. The second kappa shape index (κ2) is 7.89. The van der Waals surface area contributed by atoms with E-state index in [4.69, 9.17) is 21.1 Å². The smallest absolute Gasteiger partial charge is 0.305 e. The molecule has 0 bridgehead atoms. The van der Waals surface area contributed by atoms with Gasteiger partial charge in [-0.1, -0.05) is 24.3 Å². The molecular formula is C16H22N4O4. The number of hydrogen-bond acceptors (Lipinski definition) is 5. The normalized spacial score (nSPS) is 20.7. The van der Waals surface area contributed by atoms with E-state index in [1.807, 2.05) is 19.2 Å². The van der Waals surface area contributed by atoms with Crippen molar-refractivity contribution in [3.05, 3.63) is 35.4 Å². The van der Waals surface area contributed by atoms with Gasteiger partial charge >= 0.3 is 5.97 Å². The molecule has 24 heavy (non-hydrogen) atoms. The van der Waals surface area contributed by atoms with Crippen LogP contribution in [0.4, 0.5) is 0 Å². The number of nitrogen functional groups attached to an aromatic ring is 1. The molecule has 2 rings (SSSR count). The number of nitrogens with zero attached hydrogens (tertiary/aromatic N) is 1. The Bertz CT molecular complexity index is 617. The topological polar surface area (TPSA) is 129 Å². The van der Waals surface area contributed by atoms with Gasteiger partial charge in [-0.05, 0) is 12.0 Å². The predicted octanol–water partition coefficient (Wildman–Crippen LogP) is 0.628. The highest BCUT2D eigenvalue weighted by Crippen LogP contribution is 2.33. The molecule has 0 aliphatic carbocycles. The number of carbonyl (C=O) groups excluding carboxylic acids is 1. The zero-order valence-corrected chi connectivity index (χ0v) is 13.5.